The molecule has 0 saturated carbocycles. The molecule has 0 aliphatic rings. The van der Waals surface area contributed by atoms with E-state index in [-0.39, 0.29) is 0 Å². The maximum Gasteiger partial charge on any atom is 0.144 e. The Morgan fingerprint density at radius 1 is 1.32 bits per heavy atom. The van der Waals surface area contributed by atoms with Crippen LogP contribution in [0.15, 0.2) is 30.3 Å². The van der Waals surface area contributed by atoms with E-state index in [1.807, 2.05) is 37.4 Å². The van der Waals surface area contributed by atoms with Crippen LogP contribution in [0.2, 0.25) is 0 Å². The third kappa shape index (κ3) is 3.79. The zero-order valence-corrected chi connectivity index (χ0v) is 12.5. The van der Waals surface area contributed by atoms with Crippen LogP contribution >= 0.6 is 0 Å². The number of nitriles is 1. The van der Waals surface area contributed by atoms with Crippen LogP contribution in [0.3, 0.4) is 0 Å². The highest BCUT2D eigenvalue weighted by atomic mass is 15.2. The molecule has 1 N–H and O–H groups in total. The van der Waals surface area contributed by atoms with Crippen molar-refractivity contribution < 1.29 is 0 Å². The second-order valence-corrected chi connectivity index (χ2v) is 5.20. The van der Waals surface area contributed by atoms with Crippen molar-refractivity contribution in [2.45, 2.75) is 38.8 Å². The predicted octanol–water partition coefficient (Wildman–Crippen LogP) is 2.75. The fraction of sp³-hybridized carbons (Fsp3) is 0.562. The van der Waals surface area contributed by atoms with E-state index in [0.717, 1.165) is 18.5 Å². The molecule has 1 atom stereocenters. The largest absolute Gasteiger partial charge is 0.298 e. The lowest BCUT2D eigenvalue weighted by molar-refractivity contribution is 0.177. The normalized spacial score (nSPS) is 14.4. The Kier molecular flexibility index (Phi) is 6.01. The number of hydrogen-bond donors (Lipinski definition) is 1. The Hall–Kier alpha value is -1.37. The molecule has 104 valence electrons. The van der Waals surface area contributed by atoms with E-state index in [9.17, 15) is 5.26 Å². The van der Waals surface area contributed by atoms with Gasteiger partial charge in [0, 0.05) is 12.6 Å². The molecule has 1 aromatic rings. The summed E-state index contributed by atoms with van der Waals surface area (Å²) in [5.74, 6) is 0. The zero-order chi connectivity index (χ0) is 14.3. The first-order valence-electron chi connectivity index (χ1n) is 6.99. The van der Waals surface area contributed by atoms with Crippen molar-refractivity contribution in [2.75, 3.05) is 20.1 Å². The molecule has 3 nitrogen and oxygen atoms in total. The van der Waals surface area contributed by atoms with E-state index in [1.54, 1.807) is 0 Å². The third-order valence-corrected chi connectivity index (χ3v) is 3.57. The van der Waals surface area contributed by atoms with E-state index in [1.165, 1.54) is 0 Å². The van der Waals surface area contributed by atoms with Crippen molar-refractivity contribution in [2.24, 2.45) is 0 Å². The lowest BCUT2D eigenvalue weighted by Gasteiger charge is -2.35. The molecular weight excluding hydrogens is 234 g/mol. The molecule has 0 spiro atoms. The minimum absolute atomic E-state index is 0.435. The van der Waals surface area contributed by atoms with Crippen molar-refractivity contribution in [3.05, 3.63) is 35.9 Å². The Morgan fingerprint density at radius 3 is 2.37 bits per heavy atom. The molecule has 0 heterocycles. The molecule has 0 bridgehead atoms. The van der Waals surface area contributed by atoms with Crippen LogP contribution in [-0.2, 0) is 5.54 Å². The summed E-state index contributed by atoms with van der Waals surface area (Å²) in [7, 11) is 1.86. The predicted molar refractivity (Wildman–Crippen MR) is 79.8 cm³/mol. The SMILES string of the molecule is CCCN(CC(C#N)(NC)c1ccccc1)C(C)C. The van der Waals surface area contributed by atoms with Crippen molar-refractivity contribution >= 4 is 0 Å². The summed E-state index contributed by atoms with van der Waals surface area (Å²) in [5, 5.41) is 12.9. The molecule has 19 heavy (non-hydrogen) atoms. The lowest BCUT2D eigenvalue weighted by atomic mass is 9.90. The van der Waals surface area contributed by atoms with Crippen LogP contribution in [-0.4, -0.2) is 31.1 Å². The van der Waals surface area contributed by atoms with Gasteiger partial charge in [0.05, 0.1) is 6.07 Å². The average Bonchev–Trinajstić information content (AvgIpc) is 2.44. The van der Waals surface area contributed by atoms with Crippen LogP contribution in [0, 0.1) is 11.3 Å². The topological polar surface area (TPSA) is 39.1 Å². The molecule has 0 radical (unpaired) electrons. The molecular formula is C16H25N3. The highest BCUT2D eigenvalue weighted by Gasteiger charge is 2.33. The monoisotopic (exact) mass is 259 g/mol. The molecule has 0 aliphatic heterocycles. The first-order chi connectivity index (χ1) is 9.09. The summed E-state index contributed by atoms with van der Waals surface area (Å²) in [6.07, 6.45) is 1.10. The Morgan fingerprint density at radius 2 is 1.95 bits per heavy atom. The maximum atomic E-state index is 9.69. The summed E-state index contributed by atoms with van der Waals surface area (Å²) in [6, 6.07) is 12.9. The van der Waals surface area contributed by atoms with Gasteiger partial charge in [0.25, 0.3) is 0 Å². The van der Waals surface area contributed by atoms with Gasteiger partial charge in [-0.05, 0) is 39.4 Å². The number of likely N-dealkylation sites (N-methyl/N-ethyl adjacent to an activating group) is 1. The van der Waals surface area contributed by atoms with Gasteiger partial charge in [0.1, 0.15) is 5.54 Å². The van der Waals surface area contributed by atoms with Gasteiger partial charge in [-0.25, -0.2) is 0 Å². The van der Waals surface area contributed by atoms with Crippen LogP contribution in [0.4, 0.5) is 0 Å². The van der Waals surface area contributed by atoms with Crippen molar-refractivity contribution in [3.8, 4) is 6.07 Å². The van der Waals surface area contributed by atoms with Crippen molar-refractivity contribution in [3.63, 3.8) is 0 Å². The minimum atomic E-state index is -0.638. The molecule has 1 unspecified atom stereocenters. The Bertz CT molecular complexity index is 408. The standard InChI is InChI=1S/C16H25N3/c1-5-11-19(14(2)3)13-16(12-17,18-4)15-9-7-6-8-10-15/h6-10,14,18H,5,11,13H2,1-4H3. The summed E-state index contributed by atoms with van der Waals surface area (Å²) >= 11 is 0. The van der Waals surface area contributed by atoms with Gasteiger partial charge in [0.15, 0.2) is 0 Å². The lowest BCUT2D eigenvalue weighted by Crippen LogP contribution is -2.50. The van der Waals surface area contributed by atoms with E-state index < -0.39 is 5.54 Å². The highest BCUT2D eigenvalue weighted by molar-refractivity contribution is 5.32. The highest BCUT2D eigenvalue weighted by Crippen LogP contribution is 2.22. The number of rotatable bonds is 7. The Labute approximate surface area is 117 Å². The summed E-state index contributed by atoms with van der Waals surface area (Å²) in [5.41, 5.74) is 0.391. The van der Waals surface area contributed by atoms with Crippen molar-refractivity contribution in [1.29, 1.82) is 5.26 Å². The molecule has 0 aromatic heterocycles. The molecule has 3 heteroatoms. The second kappa shape index (κ2) is 7.28. The number of nitrogens with one attached hydrogen (secondary N) is 1. The van der Waals surface area contributed by atoms with E-state index >= 15 is 0 Å². The van der Waals surface area contributed by atoms with Gasteiger partial charge in [-0.15, -0.1) is 0 Å². The van der Waals surface area contributed by atoms with Gasteiger partial charge >= 0.3 is 0 Å². The first kappa shape index (κ1) is 15.7. The van der Waals surface area contributed by atoms with Crippen LogP contribution in [0.5, 0.6) is 0 Å². The summed E-state index contributed by atoms with van der Waals surface area (Å²) in [6.45, 7) is 8.24. The smallest absolute Gasteiger partial charge is 0.144 e. The zero-order valence-electron chi connectivity index (χ0n) is 12.5. The molecule has 1 rings (SSSR count). The summed E-state index contributed by atoms with van der Waals surface area (Å²) in [4.78, 5) is 2.35. The summed E-state index contributed by atoms with van der Waals surface area (Å²) < 4.78 is 0. The van der Waals surface area contributed by atoms with Gasteiger partial charge in [-0.3, -0.25) is 10.2 Å². The number of hydrogen-bond acceptors (Lipinski definition) is 3. The fourth-order valence-corrected chi connectivity index (χ4v) is 2.30. The van der Waals surface area contributed by atoms with Gasteiger partial charge in [0.2, 0.25) is 0 Å². The second-order valence-electron chi connectivity index (χ2n) is 5.20. The molecule has 0 saturated heterocycles. The molecule has 1 aromatic carbocycles. The quantitative estimate of drug-likeness (QED) is 0.818. The first-order valence-corrected chi connectivity index (χ1v) is 6.99. The van der Waals surface area contributed by atoms with E-state index in [2.05, 4.69) is 37.1 Å². The van der Waals surface area contributed by atoms with Gasteiger partial charge < -0.3 is 0 Å². The average molecular weight is 259 g/mol. The van der Waals surface area contributed by atoms with E-state index in [4.69, 9.17) is 0 Å². The third-order valence-electron chi connectivity index (χ3n) is 3.57. The van der Waals surface area contributed by atoms with E-state index in [0.29, 0.717) is 12.6 Å². The Balaban J connectivity index is 3.04. The maximum absolute atomic E-state index is 9.69. The number of benzene rings is 1. The molecule has 0 aliphatic carbocycles. The van der Waals surface area contributed by atoms with Crippen molar-refractivity contribution in [1.82, 2.24) is 10.2 Å². The fourth-order valence-electron chi connectivity index (χ4n) is 2.30. The molecule has 0 fully saturated rings. The minimum Gasteiger partial charge on any atom is -0.298 e. The van der Waals surface area contributed by atoms with Crippen LogP contribution in [0.1, 0.15) is 32.8 Å². The van der Waals surface area contributed by atoms with Crippen LogP contribution in [0.25, 0.3) is 0 Å². The van der Waals surface area contributed by atoms with Gasteiger partial charge in [-0.2, -0.15) is 5.26 Å². The van der Waals surface area contributed by atoms with Crippen LogP contribution < -0.4 is 5.32 Å². The molecule has 0 amide bonds. The van der Waals surface area contributed by atoms with Gasteiger partial charge in [-0.1, -0.05) is 37.3 Å². The number of nitrogens with zero attached hydrogens (tertiary/aromatic N) is 2.